The molecule has 0 bridgehead atoms. The van der Waals surface area contributed by atoms with Gasteiger partial charge in [-0.1, -0.05) is 50.3 Å². The predicted molar refractivity (Wildman–Crippen MR) is 84.3 cm³/mol. The fourth-order valence-corrected chi connectivity index (χ4v) is 3.44. The van der Waals surface area contributed by atoms with E-state index in [1.165, 1.54) is 25.7 Å². The third kappa shape index (κ3) is 7.60. The average molecular weight is 301 g/mol. The molecule has 4 heteroatoms. The Kier molecular flexibility index (Phi) is 7.50. The van der Waals surface area contributed by atoms with Crippen LogP contribution in [0.3, 0.4) is 0 Å². The number of hydrogen-bond donors (Lipinski definition) is 0. The standard InChI is InChI=1S/C15H25ClO2Si/c1-4-5-6-7-8-12-17-19(2,3)18-15-11-9-10-14(16)13-15/h9-11,13H,4-8,12H2,1-3H3. The molecule has 0 aromatic heterocycles. The van der Waals surface area contributed by atoms with Gasteiger partial charge in [0.05, 0.1) is 0 Å². The molecule has 0 unspecified atom stereocenters. The van der Waals surface area contributed by atoms with Crippen LogP contribution in [0.2, 0.25) is 18.1 Å². The van der Waals surface area contributed by atoms with E-state index in [0.717, 1.165) is 18.8 Å². The highest BCUT2D eigenvalue weighted by Crippen LogP contribution is 2.21. The number of hydrogen-bond acceptors (Lipinski definition) is 2. The number of rotatable bonds is 9. The summed E-state index contributed by atoms with van der Waals surface area (Å²) in [6, 6.07) is 7.50. The molecule has 0 aliphatic carbocycles. The fraction of sp³-hybridized carbons (Fsp3) is 0.600. The highest BCUT2D eigenvalue weighted by Gasteiger charge is 2.26. The summed E-state index contributed by atoms with van der Waals surface area (Å²) in [5, 5.41) is 0.696. The van der Waals surface area contributed by atoms with Gasteiger partial charge in [0.15, 0.2) is 0 Å². The van der Waals surface area contributed by atoms with Crippen LogP contribution in [0, 0.1) is 0 Å². The van der Waals surface area contributed by atoms with E-state index < -0.39 is 8.56 Å². The van der Waals surface area contributed by atoms with Crippen molar-refractivity contribution in [3.8, 4) is 5.75 Å². The molecule has 1 aromatic rings. The summed E-state index contributed by atoms with van der Waals surface area (Å²) >= 11 is 5.94. The van der Waals surface area contributed by atoms with Gasteiger partial charge >= 0.3 is 8.56 Å². The maximum Gasteiger partial charge on any atom is 0.392 e. The molecule has 108 valence electrons. The SMILES string of the molecule is CCCCCCCO[Si](C)(C)Oc1cccc(Cl)c1. The first-order valence-corrected chi connectivity index (χ1v) is 10.3. The van der Waals surface area contributed by atoms with Crippen LogP contribution in [-0.2, 0) is 4.43 Å². The molecule has 2 nitrogen and oxygen atoms in total. The molecule has 0 radical (unpaired) electrons. The maximum atomic E-state index is 5.94. The Bertz CT molecular complexity index is 369. The lowest BCUT2D eigenvalue weighted by molar-refractivity contribution is 0.241. The van der Waals surface area contributed by atoms with Crippen LogP contribution >= 0.6 is 11.6 Å². The van der Waals surface area contributed by atoms with Gasteiger partial charge in [-0.25, -0.2) is 0 Å². The number of unbranched alkanes of at least 4 members (excludes halogenated alkanes) is 4. The molecule has 0 N–H and O–H groups in total. The fourth-order valence-electron chi connectivity index (χ4n) is 1.87. The van der Waals surface area contributed by atoms with Crippen LogP contribution in [0.15, 0.2) is 24.3 Å². The van der Waals surface area contributed by atoms with E-state index in [0.29, 0.717) is 5.02 Å². The van der Waals surface area contributed by atoms with Gasteiger partial charge in [-0.15, -0.1) is 0 Å². The Morgan fingerprint density at radius 2 is 1.84 bits per heavy atom. The minimum atomic E-state index is -2.09. The molecule has 1 rings (SSSR count). The van der Waals surface area contributed by atoms with E-state index in [2.05, 4.69) is 20.0 Å². The van der Waals surface area contributed by atoms with Gasteiger partial charge in [-0.05, 0) is 37.7 Å². The molecule has 0 aliphatic heterocycles. The van der Waals surface area contributed by atoms with Crippen LogP contribution in [0.25, 0.3) is 0 Å². The monoisotopic (exact) mass is 300 g/mol. The molecule has 0 fully saturated rings. The van der Waals surface area contributed by atoms with E-state index in [9.17, 15) is 0 Å². The van der Waals surface area contributed by atoms with Crippen LogP contribution in [0.5, 0.6) is 5.75 Å². The Balaban J connectivity index is 2.27. The molecule has 0 saturated carbocycles. The van der Waals surface area contributed by atoms with Crippen molar-refractivity contribution in [2.45, 2.75) is 52.1 Å². The summed E-state index contributed by atoms with van der Waals surface area (Å²) in [7, 11) is -2.09. The topological polar surface area (TPSA) is 18.5 Å². The second kappa shape index (κ2) is 8.62. The third-order valence-electron chi connectivity index (χ3n) is 2.86. The first-order chi connectivity index (χ1) is 9.03. The van der Waals surface area contributed by atoms with Crippen molar-refractivity contribution in [3.05, 3.63) is 29.3 Å². The summed E-state index contributed by atoms with van der Waals surface area (Å²) in [5.41, 5.74) is 0. The van der Waals surface area contributed by atoms with E-state index in [1.54, 1.807) is 0 Å². The quantitative estimate of drug-likeness (QED) is 0.448. The summed E-state index contributed by atoms with van der Waals surface area (Å²) in [6.45, 7) is 7.16. The maximum absolute atomic E-state index is 5.94. The Labute approximate surface area is 123 Å². The number of halogens is 1. The van der Waals surface area contributed by atoms with Crippen LogP contribution in [-0.4, -0.2) is 15.2 Å². The lowest BCUT2D eigenvalue weighted by Gasteiger charge is -2.24. The first kappa shape index (κ1) is 16.5. The summed E-state index contributed by atoms with van der Waals surface area (Å²) in [4.78, 5) is 0. The summed E-state index contributed by atoms with van der Waals surface area (Å²) < 4.78 is 11.9. The minimum Gasteiger partial charge on any atom is -0.520 e. The minimum absolute atomic E-state index is 0.696. The zero-order chi connectivity index (χ0) is 14.1. The van der Waals surface area contributed by atoms with Gasteiger partial charge in [0.1, 0.15) is 5.75 Å². The number of benzene rings is 1. The molecule has 1 aromatic carbocycles. The second-order valence-electron chi connectivity index (χ2n) is 5.22. The van der Waals surface area contributed by atoms with Crippen molar-refractivity contribution >= 4 is 20.2 Å². The first-order valence-electron chi connectivity index (χ1n) is 7.12. The van der Waals surface area contributed by atoms with E-state index in [4.69, 9.17) is 20.5 Å². The van der Waals surface area contributed by atoms with Crippen molar-refractivity contribution in [2.24, 2.45) is 0 Å². The van der Waals surface area contributed by atoms with E-state index in [-0.39, 0.29) is 0 Å². The molecule has 19 heavy (non-hydrogen) atoms. The molecular weight excluding hydrogens is 276 g/mol. The van der Waals surface area contributed by atoms with Crippen molar-refractivity contribution < 1.29 is 8.85 Å². The van der Waals surface area contributed by atoms with Crippen LogP contribution < -0.4 is 4.43 Å². The highest BCUT2D eigenvalue weighted by molar-refractivity contribution is 6.65. The Morgan fingerprint density at radius 1 is 1.11 bits per heavy atom. The van der Waals surface area contributed by atoms with Crippen molar-refractivity contribution in [1.82, 2.24) is 0 Å². The summed E-state index contributed by atoms with van der Waals surface area (Å²) in [6.07, 6.45) is 6.26. The third-order valence-corrected chi connectivity index (χ3v) is 4.72. The molecule has 0 spiro atoms. The predicted octanol–water partition coefficient (Wildman–Crippen LogP) is 5.41. The van der Waals surface area contributed by atoms with Crippen molar-refractivity contribution in [2.75, 3.05) is 6.61 Å². The van der Waals surface area contributed by atoms with Crippen LogP contribution in [0.4, 0.5) is 0 Å². The van der Waals surface area contributed by atoms with Gasteiger partial charge in [0.25, 0.3) is 0 Å². The Morgan fingerprint density at radius 3 is 2.53 bits per heavy atom. The van der Waals surface area contributed by atoms with Gasteiger partial charge in [0.2, 0.25) is 0 Å². The molecule has 0 heterocycles. The highest BCUT2D eigenvalue weighted by atomic mass is 35.5. The average Bonchev–Trinajstić information content (AvgIpc) is 2.33. The molecule has 0 saturated heterocycles. The lowest BCUT2D eigenvalue weighted by Crippen LogP contribution is -2.38. The Hall–Kier alpha value is -0.513. The molecule has 0 aliphatic rings. The summed E-state index contributed by atoms with van der Waals surface area (Å²) in [5.74, 6) is 0.801. The van der Waals surface area contributed by atoms with Gasteiger partial charge < -0.3 is 8.85 Å². The van der Waals surface area contributed by atoms with Crippen molar-refractivity contribution in [1.29, 1.82) is 0 Å². The van der Waals surface area contributed by atoms with Gasteiger partial charge in [0, 0.05) is 11.6 Å². The van der Waals surface area contributed by atoms with Gasteiger partial charge in [-0.2, -0.15) is 0 Å². The van der Waals surface area contributed by atoms with E-state index >= 15 is 0 Å². The molecule has 0 amide bonds. The zero-order valence-electron chi connectivity index (χ0n) is 12.2. The zero-order valence-corrected chi connectivity index (χ0v) is 14.0. The van der Waals surface area contributed by atoms with Crippen molar-refractivity contribution in [3.63, 3.8) is 0 Å². The lowest BCUT2D eigenvalue weighted by atomic mass is 10.2. The molecule has 0 atom stereocenters. The second-order valence-corrected chi connectivity index (χ2v) is 8.95. The van der Waals surface area contributed by atoms with E-state index in [1.807, 2.05) is 24.3 Å². The molecular formula is C15H25ClO2Si. The largest absolute Gasteiger partial charge is 0.520 e. The van der Waals surface area contributed by atoms with Gasteiger partial charge in [-0.3, -0.25) is 0 Å². The van der Waals surface area contributed by atoms with Crippen LogP contribution in [0.1, 0.15) is 39.0 Å². The smallest absolute Gasteiger partial charge is 0.392 e. The normalized spacial score (nSPS) is 11.6.